The van der Waals surface area contributed by atoms with Crippen molar-refractivity contribution in [2.75, 3.05) is 76.1 Å². The van der Waals surface area contributed by atoms with Gasteiger partial charge in [0.05, 0.1) is 48.9 Å². The van der Waals surface area contributed by atoms with E-state index in [1.165, 1.54) is 59.9 Å². The molecule has 1 aromatic heterocycles. The lowest BCUT2D eigenvalue weighted by Crippen LogP contribution is -2.71. The number of benzene rings is 3. The minimum absolute atomic E-state index is 0.0699. The van der Waals surface area contributed by atoms with Gasteiger partial charge in [-0.15, -0.1) is 23.5 Å². The zero-order valence-corrected chi connectivity index (χ0v) is 37.6. The smallest absolute Gasteiger partial charge is 0.352 e. The van der Waals surface area contributed by atoms with Crippen molar-refractivity contribution in [1.82, 2.24) is 20.9 Å². The number of fused-ring (bicyclic) bond motifs is 2. The average molecular weight is 980 g/mol. The Hall–Kier alpha value is -7.06. The molecule has 3 aromatic carbocycles. The molecule has 4 aromatic rings. The summed E-state index contributed by atoms with van der Waals surface area (Å²) in [4.78, 5) is 98.6. The van der Waals surface area contributed by atoms with E-state index in [0.29, 0.717) is 82.1 Å². The number of phenols is 1. The normalized spacial score (nSPS) is 15.3. The number of carboxylic acids is 1. The number of hydrogen-bond acceptors (Lipinski definition) is 18. The highest BCUT2D eigenvalue weighted by Crippen LogP contribution is 2.41. The number of anilines is 1. The second-order valence-electron chi connectivity index (χ2n) is 14.8. The maximum Gasteiger partial charge on any atom is 0.352 e. The number of nitro benzene ring substituents is 2. The molecule has 4 amide bonds. The van der Waals surface area contributed by atoms with Crippen LogP contribution in [0.15, 0.2) is 92.1 Å². The molecule has 3 heterocycles. The van der Waals surface area contributed by atoms with Crippen molar-refractivity contribution >= 4 is 81.2 Å². The number of hydrogen-bond donors (Lipinski definition) is 6. The molecule has 0 unspecified atom stereocenters. The van der Waals surface area contributed by atoms with Crippen molar-refractivity contribution in [3.63, 3.8) is 0 Å². The van der Waals surface area contributed by atoms with Gasteiger partial charge in [-0.1, -0.05) is 0 Å². The Labute approximate surface area is 394 Å². The van der Waals surface area contributed by atoms with Crippen LogP contribution in [0, 0.1) is 20.2 Å². The first-order valence-corrected chi connectivity index (χ1v) is 22.9. The summed E-state index contributed by atoms with van der Waals surface area (Å²) in [6.45, 7) is 2.28. The number of phenolic OH excluding ortho intramolecular Hbond substituents is 1. The molecule has 0 bridgehead atoms. The number of aromatic hydroxyl groups is 1. The van der Waals surface area contributed by atoms with E-state index in [-0.39, 0.29) is 57.1 Å². The fourth-order valence-electron chi connectivity index (χ4n) is 6.76. The topological polar surface area (TPSA) is 321 Å². The first-order chi connectivity index (χ1) is 32.7. The van der Waals surface area contributed by atoms with E-state index in [0.717, 1.165) is 15.9 Å². The first-order valence-electron chi connectivity index (χ1n) is 20.9. The van der Waals surface area contributed by atoms with Gasteiger partial charge in [0.2, 0.25) is 5.91 Å². The summed E-state index contributed by atoms with van der Waals surface area (Å²) in [6.07, 6.45) is 1.10. The number of nitrogens with one attached hydrogen (secondary N) is 4. The van der Waals surface area contributed by atoms with Crippen LogP contribution in [0.25, 0.3) is 11.0 Å². The van der Waals surface area contributed by atoms with E-state index in [4.69, 9.17) is 18.6 Å². The van der Waals surface area contributed by atoms with Crippen molar-refractivity contribution in [2.24, 2.45) is 0 Å². The summed E-state index contributed by atoms with van der Waals surface area (Å²) < 4.78 is 21.6. The SMILES string of the molecule is O=C(CNC(=O)c1cc2ccc(O)cc2oc1=O)N[C@@H]1C(=O)N2C(C(=O)O)=C(CSc3ccc(C(=O)NCCCOCCOCCOCCCNc4ccc([N+](=O)[O-])cc4[N+](=O)[O-])cc3)CS[C@H]12. The Morgan fingerprint density at radius 3 is 2.21 bits per heavy atom. The van der Waals surface area contributed by atoms with Gasteiger partial charge < -0.3 is 50.1 Å². The molecule has 0 saturated carbocycles. The number of amides is 4. The van der Waals surface area contributed by atoms with E-state index >= 15 is 0 Å². The standard InChI is InChI=1S/C43H45N7O16S2/c51-29-7-3-26-19-31(43(58)66-34(26)21-29)39(54)46-22-35(52)47-36-40(55)48-37(42(56)57)27(24-68-41(36)48)23-67-30-8-4-25(5-9-30)38(53)45-12-2-14-64-16-18-65-17-15-63-13-1-11-44-32-10-6-28(49(59)60)20-33(32)50(61)62/h3-10,19-21,36,41,44,51H,1-2,11-18,22-24H2,(H,45,53)(H,46,54)(H,47,52)(H,56,57)/t36-,41-/m1/s1. The molecule has 23 nitrogen and oxygen atoms in total. The van der Waals surface area contributed by atoms with Gasteiger partial charge in [0.1, 0.15) is 39.7 Å². The number of nitrogens with zero attached hydrogens (tertiary/aromatic N) is 3. The molecule has 68 heavy (non-hydrogen) atoms. The highest BCUT2D eigenvalue weighted by molar-refractivity contribution is 8.01. The summed E-state index contributed by atoms with van der Waals surface area (Å²) in [7, 11) is 0. The second-order valence-corrected chi connectivity index (χ2v) is 17.0. The Morgan fingerprint density at radius 2 is 1.53 bits per heavy atom. The van der Waals surface area contributed by atoms with Gasteiger partial charge >= 0.3 is 11.6 Å². The Kier molecular flexibility index (Phi) is 17.9. The highest BCUT2D eigenvalue weighted by atomic mass is 32.2. The third kappa shape index (κ3) is 13.3. The molecule has 0 aliphatic carbocycles. The third-order valence-electron chi connectivity index (χ3n) is 10.1. The molecule has 2 aliphatic heterocycles. The monoisotopic (exact) mass is 979 g/mol. The molecular formula is C43H45N7O16S2. The van der Waals surface area contributed by atoms with Gasteiger partial charge in [-0.2, -0.15) is 0 Å². The molecule has 0 radical (unpaired) electrons. The average Bonchev–Trinajstić information content (AvgIpc) is 3.32. The number of non-ortho nitro benzene ring substituents is 1. The van der Waals surface area contributed by atoms with Crippen molar-refractivity contribution in [3.05, 3.63) is 120 Å². The van der Waals surface area contributed by atoms with E-state index < -0.39 is 57.1 Å². The quantitative estimate of drug-likeness (QED) is 0.0131. The second kappa shape index (κ2) is 24.1. The molecule has 2 atom stereocenters. The van der Waals surface area contributed by atoms with Crippen molar-refractivity contribution < 1.29 is 62.7 Å². The number of carbonyl (C=O) groups is 5. The van der Waals surface area contributed by atoms with E-state index in [9.17, 15) is 59.2 Å². The summed E-state index contributed by atoms with van der Waals surface area (Å²) in [5.41, 5.74) is -1.06. The number of nitro groups is 2. The van der Waals surface area contributed by atoms with Crippen LogP contribution >= 0.6 is 23.5 Å². The van der Waals surface area contributed by atoms with Crippen LogP contribution in [-0.4, -0.2) is 137 Å². The maximum atomic E-state index is 13.2. The van der Waals surface area contributed by atoms with Crippen LogP contribution in [0.3, 0.4) is 0 Å². The minimum Gasteiger partial charge on any atom is -0.508 e. The zero-order chi connectivity index (χ0) is 48.7. The number of carbonyl (C=O) groups excluding carboxylic acids is 4. The molecule has 360 valence electrons. The van der Waals surface area contributed by atoms with Crippen LogP contribution in [0.5, 0.6) is 5.75 Å². The number of carboxylic acid groups (broad SMARTS) is 1. The van der Waals surface area contributed by atoms with Gasteiger partial charge in [-0.05, 0) is 66.9 Å². The Bertz CT molecular complexity index is 2650. The first kappa shape index (κ1) is 50.4. The number of rotatable bonds is 26. The largest absolute Gasteiger partial charge is 0.508 e. The molecule has 1 fully saturated rings. The fraction of sp³-hybridized carbons (Fsp3) is 0.349. The van der Waals surface area contributed by atoms with Crippen LogP contribution in [0.2, 0.25) is 0 Å². The van der Waals surface area contributed by atoms with Crippen LogP contribution < -0.4 is 26.9 Å². The van der Waals surface area contributed by atoms with Crippen molar-refractivity contribution in [3.8, 4) is 5.75 Å². The molecule has 6 N–H and O–H groups in total. The van der Waals surface area contributed by atoms with Crippen LogP contribution in [0.1, 0.15) is 33.6 Å². The van der Waals surface area contributed by atoms with Crippen molar-refractivity contribution in [2.45, 2.75) is 29.2 Å². The van der Waals surface area contributed by atoms with E-state index in [2.05, 4.69) is 21.3 Å². The number of β-lactam (4-membered cyclic amide) rings is 1. The molecular weight excluding hydrogens is 935 g/mol. The maximum absolute atomic E-state index is 13.2. The number of aliphatic carboxylic acids is 1. The summed E-state index contributed by atoms with van der Waals surface area (Å²) in [6, 6.07) is 14.4. The van der Waals surface area contributed by atoms with Gasteiger partial charge in [-0.3, -0.25) is 44.3 Å². The molecule has 25 heteroatoms. The summed E-state index contributed by atoms with van der Waals surface area (Å²) in [5.74, 6) is -3.44. The minimum atomic E-state index is -1.30. The lowest BCUT2D eigenvalue weighted by Gasteiger charge is -2.49. The fourth-order valence-corrected chi connectivity index (χ4v) is 9.14. The summed E-state index contributed by atoms with van der Waals surface area (Å²) in [5, 5.41) is 52.0. The lowest BCUT2D eigenvalue weighted by molar-refractivity contribution is -0.393. The predicted octanol–water partition coefficient (Wildman–Crippen LogP) is 3.25. The molecule has 6 rings (SSSR count). The summed E-state index contributed by atoms with van der Waals surface area (Å²) >= 11 is 2.62. The van der Waals surface area contributed by atoms with E-state index in [1.807, 2.05) is 0 Å². The van der Waals surface area contributed by atoms with Gasteiger partial charge in [0, 0.05) is 65.8 Å². The van der Waals surface area contributed by atoms with Gasteiger partial charge in [-0.25, -0.2) is 9.59 Å². The number of ether oxygens (including phenoxy) is 3. The lowest BCUT2D eigenvalue weighted by atomic mass is 10.0. The zero-order valence-electron chi connectivity index (χ0n) is 36.0. The molecule has 0 spiro atoms. The highest BCUT2D eigenvalue weighted by Gasteiger charge is 2.54. The Balaban J connectivity index is 0.816. The Morgan fingerprint density at radius 1 is 0.838 bits per heavy atom. The van der Waals surface area contributed by atoms with Gasteiger partial charge in [0.15, 0.2) is 0 Å². The van der Waals surface area contributed by atoms with Crippen LogP contribution in [0.4, 0.5) is 17.1 Å². The van der Waals surface area contributed by atoms with Crippen LogP contribution in [-0.2, 0) is 28.6 Å². The molecule has 2 aliphatic rings. The third-order valence-corrected chi connectivity index (χ3v) is 12.6. The van der Waals surface area contributed by atoms with E-state index in [1.54, 1.807) is 24.3 Å². The number of thioether (sulfide) groups is 2. The predicted molar refractivity (Wildman–Crippen MR) is 246 cm³/mol. The van der Waals surface area contributed by atoms with Crippen molar-refractivity contribution in [1.29, 1.82) is 0 Å². The van der Waals surface area contributed by atoms with Gasteiger partial charge in [0.25, 0.3) is 29.1 Å². The molecule has 1 saturated heterocycles.